The van der Waals surface area contributed by atoms with Gasteiger partial charge in [0.1, 0.15) is 0 Å². The third kappa shape index (κ3) is 3.36. The lowest BCUT2D eigenvalue weighted by atomic mass is 10.1. The smallest absolute Gasteiger partial charge is 0.261 e. The van der Waals surface area contributed by atoms with E-state index in [4.69, 9.17) is 0 Å². The van der Waals surface area contributed by atoms with Crippen LogP contribution in [0.25, 0.3) is 22.0 Å². The Bertz CT molecular complexity index is 1410. The van der Waals surface area contributed by atoms with Crippen molar-refractivity contribution in [2.45, 2.75) is 19.9 Å². The van der Waals surface area contributed by atoms with E-state index in [0.717, 1.165) is 22.0 Å². The van der Waals surface area contributed by atoms with Crippen molar-refractivity contribution in [1.29, 1.82) is 0 Å². The first-order chi connectivity index (χ1) is 15.4. The van der Waals surface area contributed by atoms with Gasteiger partial charge in [-0.15, -0.1) is 11.3 Å². The fourth-order valence-electron chi connectivity index (χ4n) is 3.85. The lowest BCUT2D eigenvalue weighted by Crippen LogP contribution is -2.35. The molecule has 6 nitrogen and oxygen atoms in total. The monoisotopic (exact) mass is 441 g/mol. The topological polar surface area (TPSA) is 79.4 Å². The minimum Gasteiger partial charge on any atom is -0.298 e. The first kappa shape index (κ1) is 20.1. The van der Waals surface area contributed by atoms with Crippen molar-refractivity contribution in [3.63, 3.8) is 0 Å². The summed E-state index contributed by atoms with van der Waals surface area (Å²) in [7, 11) is 0. The van der Waals surface area contributed by atoms with Crippen LogP contribution in [-0.2, 0) is 0 Å². The summed E-state index contributed by atoms with van der Waals surface area (Å²) in [5.41, 5.74) is 2.63. The number of fused-ring (bicyclic) bond motifs is 2. The minimum atomic E-state index is -0.379. The second kappa shape index (κ2) is 7.69. The van der Waals surface area contributed by atoms with Crippen LogP contribution in [0.1, 0.15) is 44.9 Å². The molecule has 0 aliphatic carbocycles. The predicted molar refractivity (Wildman–Crippen MR) is 125 cm³/mol. The van der Waals surface area contributed by atoms with E-state index in [1.54, 1.807) is 19.9 Å². The second-order valence-corrected chi connectivity index (χ2v) is 8.75. The molecular weight excluding hydrogens is 422 g/mol. The summed E-state index contributed by atoms with van der Waals surface area (Å²) < 4.78 is 0. The van der Waals surface area contributed by atoms with Crippen molar-refractivity contribution in [1.82, 2.24) is 9.88 Å². The molecule has 0 radical (unpaired) electrons. The van der Waals surface area contributed by atoms with Gasteiger partial charge in [0.2, 0.25) is 0 Å². The summed E-state index contributed by atoms with van der Waals surface area (Å²) >= 11 is 1.33. The zero-order valence-corrected chi connectivity index (χ0v) is 18.3. The number of hydrogen-bond acceptors (Lipinski definition) is 5. The first-order valence-electron chi connectivity index (χ1n) is 10.2. The van der Waals surface area contributed by atoms with Crippen molar-refractivity contribution in [2.75, 3.05) is 5.32 Å². The Labute approximate surface area is 188 Å². The molecule has 1 aromatic heterocycles. The Morgan fingerprint density at radius 1 is 0.938 bits per heavy atom. The molecule has 4 aromatic rings. The highest BCUT2D eigenvalue weighted by Gasteiger charge is 2.37. The third-order valence-electron chi connectivity index (χ3n) is 5.47. The van der Waals surface area contributed by atoms with E-state index in [0.29, 0.717) is 16.3 Å². The van der Waals surface area contributed by atoms with Gasteiger partial charge in [0.15, 0.2) is 5.13 Å². The van der Waals surface area contributed by atoms with E-state index in [9.17, 15) is 14.4 Å². The van der Waals surface area contributed by atoms with Gasteiger partial charge in [0.05, 0.1) is 16.8 Å². The molecule has 7 heteroatoms. The maximum absolute atomic E-state index is 12.8. The van der Waals surface area contributed by atoms with Gasteiger partial charge in [-0.25, -0.2) is 4.98 Å². The van der Waals surface area contributed by atoms with Crippen LogP contribution in [0.15, 0.2) is 66.0 Å². The molecule has 1 aliphatic rings. The standard InChI is InChI=1S/C25H19N3O3S/c1-14(2)28-23(30)19-10-9-18(12-20(19)24(28)31)22(29)27-25-26-21(13-32-25)17-8-7-15-5-3-4-6-16(15)11-17/h3-14H,1-2H3,(H,26,27,29). The Balaban J connectivity index is 1.37. The summed E-state index contributed by atoms with van der Waals surface area (Å²) in [4.78, 5) is 43.6. The number of aromatic nitrogens is 1. The number of nitrogens with zero attached hydrogens (tertiary/aromatic N) is 2. The number of carbonyl (C=O) groups is 3. The summed E-state index contributed by atoms with van der Waals surface area (Å²) in [5, 5.41) is 7.43. The number of imide groups is 1. The van der Waals surface area contributed by atoms with Crippen LogP contribution in [0.4, 0.5) is 5.13 Å². The maximum atomic E-state index is 12.8. The number of thiazole rings is 1. The highest BCUT2D eigenvalue weighted by Crippen LogP contribution is 2.29. The number of carbonyl (C=O) groups excluding carboxylic acids is 3. The van der Waals surface area contributed by atoms with Gasteiger partial charge in [0.25, 0.3) is 17.7 Å². The average Bonchev–Trinajstić information content (AvgIpc) is 3.35. The molecule has 2 heterocycles. The van der Waals surface area contributed by atoms with E-state index >= 15 is 0 Å². The molecular formula is C25H19N3O3S. The summed E-state index contributed by atoms with van der Waals surface area (Å²) in [6.45, 7) is 3.57. The van der Waals surface area contributed by atoms with E-state index in [1.165, 1.54) is 28.4 Å². The predicted octanol–water partition coefficient (Wildman–Crippen LogP) is 5.22. The molecule has 0 spiro atoms. The fourth-order valence-corrected chi connectivity index (χ4v) is 4.57. The molecule has 0 fully saturated rings. The largest absolute Gasteiger partial charge is 0.298 e. The van der Waals surface area contributed by atoms with Crippen LogP contribution in [0.5, 0.6) is 0 Å². The lowest BCUT2D eigenvalue weighted by Gasteiger charge is -2.17. The van der Waals surface area contributed by atoms with Crippen LogP contribution in [0, 0.1) is 0 Å². The maximum Gasteiger partial charge on any atom is 0.261 e. The Morgan fingerprint density at radius 2 is 1.69 bits per heavy atom. The number of nitrogens with one attached hydrogen (secondary N) is 1. The average molecular weight is 442 g/mol. The molecule has 3 aromatic carbocycles. The van der Waals surface area contributed by atoms with Crippen molar-refractivity contribution in [3.8, 4) is 11.3 Å². The summed E-state index contributed by atoms with van der Waals surface area (Å²) in [5.74, 6) is -1.08. The van der Waals surface area contributed by atoms with Gasteiger partial charge in [-0.05, 0) is 48.9 Å². The molecule has 0 atom stereocenters. The lowest BCUT2D eigenvalue weighted by molar-refractivity contribution is 0.0609. The van der Waals surface area contributed by atoms with E-state index < -0.39 is 0 Å². The number of anilines is 1. The van der Waals surface area contributed by atoms with Gasteiger partial charge in [-0.2, -0.15) is 0 Å². The van der Waals surface area contributed by atoms with Crippen LogP contribution >= 0.6 is 11.3 Å². The van der Waals surface area contributed by atoms with Gasteiger partial charge in [0, 0.05) is 22.5 Å². The van der Waals surface area contributed by atoms with Gasteiger partial charge < -0.3 is 0 Å². The van der Waals surface area contributed by atoms with Crippen molar-refractivity contribution < 1.29 is 14.4 Å². The number of benzene rings is 3. The normalized spacial score (nSPS) is 13.2. The van der Waals surface area contributed by atoms with Crippen LogP contribution in [-0.4, -0.2) is 33.6 Å². The summed E-state index contributed by atoms with van der Waals surface area (Å²) in [6, 6.07) is 18.5. The molecule has 1 N–H and O–H groups in total. The molecule has 0 unspecified atom stereocenters. The Morgan fingerprint density at radius 3 is 2.47 bits per heavy atom. The Kier molecular flexibility index (Phi) is 4.83. The highest BCUT2D eigenvalue weighted by molar-refractivity contribution is 7.14. The SMILES string of the molecule is CC(C)N1C(=O)c2ccc(C(=O)Nc3nc(-c4ccc5ccccc5c4)cs3)cc2C1=O. The van der Waals surface area contributed by atoms with Gasteiger partial charge >= 0.3 is 0 Å². The van der Waals surface area contributed by atoms with Gasteiger partial charge in [-0.3, -0.25) is 24.6 Å². The molecule has 0 bridgehead atoms. The molecule has 32 heavy (non-hydrogen) atoms. The van der Waals surface area contributed by atoms with E-state index in [1.807, 2.05) is 35.7 Å². The number of hydrogen-bond donors (Lipinski definition) is 1. The molecule has 0 saturated carbocycles. The van der Waals surface area contributed by atoms with Crippen LogP contribution in [0.2, 0.25) is 0 Å². The zero-order valence-electron chi connectivity index (χ0n) is 17.5. The molecule has 5 rings (SSSR count). The summed E-state index contributed by atoms with van der Waals surface area (Å²) in [6.07, 6.45) is 0. The number of amides is 3. The molecule has 1 aliphatic heterocycles. The van der Waals surface area contributed by atoms with E-state index in [2.05, 4.69) is 22.4 Å². The minimum absolute atomic E-state index is 0.247. The molecule has 3 amide bonds. The van der Waals surface area contributed by atoms with Crippen LogP contribution < -0.4 is 5.32 Å². The fraction of sp³-hybridized carbons (Fsp3) is 0.120. The highest BCUT2D eigenvalue weighted by atomic mass is 32.1. The molecule has 0 saturated heterocycles. The third-order valence-corrected chi connectivity index (χ3v) is 6.22. The van der Waals surface area contributed by atoms with Crippen molar-refractivity contribution in [3.05, 3.63) is 82.7 Å². The zero-order chi connectivity index (χ0) is 22.4. The quantitative estimate of drug-likeness (QED) is 0.441. The first-order valence-corrected chi connectivity index (χ1v) is 11.1. The second-order valence-electron chi connectivity index (χ2n) is 7.89. The van der Waals surface area contributed by atoms with Crippen molar-refractivity contribution >= 4 is 45.0 Å². The molecule has 158 valence electrons. The number of rotatable bonds is 4. The van der Waals surface area contributed by atoms with E-state index in [-0.39, 0.29) is 29.3 Å². The van der Waals surface area contributed by atoms with Crippen LogP contribution in [0.3, 0.4) is 0 Å². The van der Waals surface area contributed by atoms with Gasteiger partial charge in [-0.1, -0.05) is 36.4 Å². The Hall–Kier alpha value is -3.84. The van der Waals surface area contributed by atoms with Crippen molar-refractivity contribution in [2.24, 2.45) is 0 Å².